The van der Waals surface area contributed by atoms with E-state index in [9.17, 15) is 62.3 Å². The van der Waals surface area contributed by atoms with Gasteiger partial charge in [0, 0.05) is 11.1 Å². The van der Waals surface area contributed by atoms with E-state index in [2.05, 4.69) is 27.4 Å². The molecule has 0 bridgehead atoms. The van der Waals surface area contributed by atoms with Crippen LogP contribution in [0.1, 0.15) is 22.3 Å². The number of alkyl halides is 12. The van der Waals surface area contributed by atoms with Crippen LogP contribution in [0, 0.1) is 0 Å². The number of carbonyl (C=O) groups is 2. The van der Waals surface area contributed by atoms with Gasteiger partial charge < -0.3 is 19.3 Å². The molecule has 0 aliphatic rings. The van der Waals surface area contributed by atoms with Gasteiger partial charge in [0.2, 0.25) is 0 Å². The number of esters is 2. The Morgan fingerprint density at radius 1 is 0.705 bits per heavy atom. The summed E-state index contributed by atoms with van der Waals surface area (Å²) in [5.41, 5.74) is -13.3. The second-order valence-electron chi connectivity index (χ2n) is 8.62. The van der Waals surface area contributed by atoms with Crippen LogP contribution < -0.4 is 4.74 Å². The third-order valence-corrected chi connectivity index (χ3v) is 5.74. The van der Waals surface area contributed by atoms with Crippen LogP contribution in [0.15, 0.2) is 55.6 Å². The van der Waals surface area contributed by atoms with E-state index >= 15 is 0 Å². The van der Waals surface area contributed by atoms with Gasteiger partial charge in [0.25, 0.3) is 0 Å². The fourth-order valence-corrected chi connectivity index (χ4v) is 3.45. The molecule has 0 aliphatic carbocycles. The van der Waals surface area contributed by atoms with Gasteiger partial charge in [0.05, 0.1) is 0 Å². The Morgan fingerprint density at radius 3 is 1.70 bits per heavy atom. The molecule has 44 heavy (non-hydrogen) atoms. The van der Waals surface area contributed by atoms with Crippen molar-refractivity contribution in [3.05, 3.63) is 77.9 Å². The van der Waals surface area contributed by atoms with Gasteiger partial charge in [-0.2, -0.15) is 52.7 Å². The minimum absolute atomic E-state index is 0.0535. The molecular weight excluding hydrogens is 636 g/mol. The van der Waals surface area contributed by atoms with Gasteiger partial charge in [-0.3, -0.25) is 0 Å². The van der Waals surface area contributed by atoms with Crippen LogP contribution in [0.2, 0.25) is 0 Å². The molecule has 0 amide bonds. The van der Waals surface area contributed by atoms with E-state index in [1.807, 2.05) is 0 Å². The molecule has 0 saturated heterocycles. The first-order valence-corrected chi connectivity index (χ1v) is 11.5. The Balaban J connectivity index is 2.54. The number of rotatable bonds is 10. The highest BCUT2D eigenvalue weighted by Gasteiger charge is 2.80. The summed E-state index contributed by atoms with van der Waals surface area (Å²) in [6, 6.07) is 6.92. The zero-order valence-electron chi connectivity index (χ0n) is 21.5. The molecule has 2 aromatic carbocycles. The van der Waals surface area contributed by atoms with E-state index in [1.54, 1.807) is 0 Å². The van der Waals surface area contributed by atoms with Crippen LogP contribution in [-0.2, 0) is 32.3 Å². The fraction of sp³-hybridized carbons (Fsp3) is 0.308. The summed E-state index contributed by atoms with van der Waals surface area (Å²) in [4.78, 5) is 24.2. The summed E-state index contributed by atoms with van der Waals surface area (Å²) in [6.07, 6.45) is -24.7. The molecular formula is C26H18F12O6. The quantitative estimate of drug-likeness (QED) is 0.223. The number of benzene rings is 2. The lowest BCUT2D eigenvalue weighted by Gasteiger charge is -2.35. The number of halogens is 12. The topological polar surface area (TPSA) is 82.1 Å². The van der Waals surface area contributed by atoms with Crippen molar-refractivity contribution in [3.63, 3.8) is 0 Å². The van der Waals surface area contributed by atoms with Gasteiger partial charge in [-0.1, -0.05) is 55.6 Å². The number of aliphatic hydroxyl groups is 1. The second kappa shape index (κ2) is 12.4. The minimum Gasteiger partial charge on any atom is -0.459 e. The van der Waals surface area contributed by atoms with E-state index < -0.39 is 77.9 Å². The molecule has 0 unspecified atom stereocenters. The highest BCUT2D eigenvalue weighted by Crippen LogP contribution is 2.48. The number of hydrogen-bond donors (Lipinski definition) is 1. The van der Waals surface area contributed by atoms with Crippen LogP contribution in [0.4, 0.5) is 52.7 Å². The molecule has 18 heteroatoms. The zero-order chi connectivity index (χ0) is 33.9. The first-order valence-electron chi connectivity index (χ1n) is 11.5. The number of ether oxygens (including phenoxy) is 3. The Morgan fingerprint density at radius 2 is 1.23 bits per heavy atom. The van der Waals surface area contributed by atoms with E-state index in [0.29, 0.717) is 29.8 Å². The highest BCUT2D eigenvalue weighted by molar-refractivity contribution is 5.83. The SMILES string of the molecule is C=Cc1cccc(COC(=O)C(Oc2cccc(COC(=O)C(O)(C(F)(F)F)C(F)(F)F)c2C=C)(C(F)(F)F)C(F)(F)F)c1. The first kappa shape index (κ1) is 36.0. The molecule has 6 nitrogen and oxygen atoms in total. The summed E-state index contributed by atoms with van der Waals surface area (Å²) in [7, 11) is 0. The maximum atomic E-state index is 14.1. The minimum atomic E-state index is -6.65. The van der Waals surface area contributed by atoms with Crippen LogP contribution >= 0.6 is 0 Å². The Labute approximate surface area is 239 Å². The molecule has 0 heterocycles. The van der Waals surface area contributed by atoms with E-state index in [1.165, 1.54) is 30.3 Å². The van der Waals surface area contributed by atoms with Crippen LogP contribution in [0.3, 0.4) is 0 Å². The van der Waals surface area contributed by atoms with Crippen molar-refractivity contribution < 1.29 is 81.6 Å². The largest absolute Gasteiger partial charge is 0.459 e. The Kier molecular flexibility index (Phi) is 10.1. The van der Waals surface area contributed by atoms with Crippen LogP contribution in [0.5, 0.6) is 5.75 Å². The summed E-state index contributed by atoms with van der Waals surface area (Å²) < 4.78 is 175. The number of hydrogen-bond acceptors (Lipinski definition) is 6. The monoisotopic (exact) mass is 654 g/mol. The van der Waals surface area contributed by atoms with Gasteiger partial charge in [0.1, 0.15) is 19.0 Å². The summed E-state index contributed by atoms with van der Waals surface area (Å²) >= 11 is 0. The molecule has 0 atom stereocenters. The van der Waals surface area contributed by atoms with Crippen molar-refractivity contribution in [2.24, 2.45) is 0 Å². The van der Waals surface area contributed by atoms with Crippen molar-refractivity contribution in [1.82, 2.24) is 0 Å². The second-order valence-corrected chi connectivity index (χ2v) is 8.62. The third-order valence-electron chi connectivity index (χ3n) is 5.74. The Hall–Kier alpha value is -4.22. The normalized spacial score (nSPS) is 13.2. The van der Waals surface area contributed by atoms with Gasteiger partial charge in [-0.15, -0.1) is 0 Å². The van der Waals surface area contributed by atoms with Gasteiger partial charge >= 0.3 is 47.8 Å². The van der Waals surface area contributed by atoms with E-state index in [-0.39, 0.29) is 5.56 Å². The van der Waals surface area contributed by atoms with Crippen molar-refractivity contribution in [1.29, 1.82) is 0 Å². The van der Waals surface area contributed by atoms with Gasteiger partial charge in [-0.25, -0.2) is 9.59 Å². The van der Waals surface area contributed by atoms with Crippen LogP contribution in [-0.4, -0.2) is 53.0 Å². The lowest BCUT2D eigenvalue weighted by molar-refractivity contribution is -0.357. The standard InChI is InChI=1S/C26H18F12O6/c1-3-14-7-5-8-15(11-14)12-42-20(40)22(25(33,34)35,26(36,37)38)44-18-10-6-9-16(17(18)4-2)13-43-19(39)21(41,23(27,28)29)24(30,31)32/h3-11,41H,1-2,12-13H2. The molecule has 1 N–H and O–H groups in total. The van der Waals surface area contributed by atoms with E-state index in [0.717, 1.165) is 0 Å². The Bertz CT molecular complexity index is 1360. The zero-order valence-corrected chi connectivity index (χ0v) is 21.5. The fourth-order valence-electron chi connectivity index (χ4n) is 3.45. The number of carbonyl (C=O) groups excluding carboxylic acids is 2. The molecule has 242 valence electrons. The maximum Gasteiger partial charge on any atom is 0.449 e. The molecule has 2 rings (SSSR count). The molecule has 0 saturated carbocycles. The molecule has 0 radical (unpaired) electrons. The van der Waals surface area contributed by atoms with Crippen molar-refractivity contribution in [3.8, 4) is 5.75 Å². The van der Waals surface area contributed by atoms with Crippen molar-refractivity contribution in [2.45, 2.75) is 49.1 Å². The lowest BCUT2D eigenvalue weighted by atomic mass is 10.0. The predicted molar refractivity (Wildman–Crippen MR) is 125 cm³/mol. The first-order chi connectivity index (χ1) is 20.0. The highest BCUT2D eigenvalue weighted by atomic mass is 19.4. The van der Waals surface area contributed by atoms with E-state index in [4.69, 9.17) is 5.11 Å². The summed E-state index contributed by atoms with van der Waals surface area (Å²) in [6.45, 7) is 3.72. The molecule has 2 aromatic rings. The predicted octanol–water partition coefficient (Wildman–Crippen LogP) is 6.86. The summed E-state index contributed by atoms with van der Waals surface area (Å²) in [5, 5.41) is 9.09. The average Bonchev–Trinajstić information content (AvgIpc) is 2.90. The smallest absolute Gasteiger partial charge is 0.449 e. The molecule has 0 spiro atoms. The van der Waals surface area contributed by atoms with Crippen LogP contribution in [0.25, 0.3) is 12.2 Å². The maximum absolute atomic E-state index is 14.1. The van der Waals surface area contributed by atoms with Gasteiger partial charge in [0.15, 0.2) is 0 Å². The van der Waals surface area contributed by atoms with Gasteiger partial charge in [-0.05, 0) is 23.3 Å². The summed E-state index contributed by atoms with van der Waals surface area (Å²) in [5.74, 6) is -7.78. The molecule has 0 aromatic heterocycles. The third kappa shape index (κ3) is 6.79. The average molecular weight is 654 g/mol. The molecule has 0 fully saturated rings. The van der Waals surface area contributed by atoms with Crippen molar-refractivity contribution in [2.75, 3.05) is 0 Å². The lowest BCUT2D eigenvalue weighted by Crippen LogP contribution is -2.66. The van der Waals surface area contributed by atoms with Crippen molar-refractivity contribution >= 4 is 24.1 Å². The molecule has 0 aliphatic heterocycles.